The molecule has 1 fully saturated rings. The van der Waals surface area contributed by atoms with Crippen LogP contribution in [0.1, 0.15) is 18.4 Å². The third kappa shape index (κ3) is 5.20. The van der Waals surface area contributed by atoms with E-state index < -0.39 is 12.1 Å². The number of carbonyl (C=O) groups is 1. The van der Waals surface area contributed by atoms with E-state index in [1.165, 1.54) is 24.3 Å². The molecule has 2 aromatic carbocycles. The molecule has 0 atom stereocenters. The zero-order valence-electron chi connectivity index (χ0n) is 17.4. The first-order valence-electron chi connectivity index (χ1n) is 10.2. The number of amides is 1. The third-order valence-corrected chi connectivity index (χ3v) is 5.53. The molecule has 0 aliphatic carbocycles. The fourth-order valence-corrected chi connectivity index (χ4v) is 3.70. The molecule has 4 rings (SSSR count). The first-order valence-corrected chi connectivity index (χ1v) is 10.2. The molecule has 10 heteroatoms. The monoisotopic (exact) mass is 448 g/mol. The predicted molar refractivity (Wildman–Crippen MR) is 112 cm³/mol. The number of alkyl halides is 3. The summed E-state index contributed by atoms with van der Waals surface area (Å²) in [7, 11) is 1.76. The Labute approximate surface area is 183 Å². The molecular formula is C22H23F3N4O3. The van der Waals surface area contributed by atoms with E-state index in [0.29, 0.717) is 43.9 Å². The lowest BCUT2D eigenvalue weighted by molar-refractivity contribution is -0.274. The van der Waals surface area contributed by atoms with Crippen molar-refractivity contribution in [1.29, 1.82) is 0 Å². The van der Waals surface area contributed by atoms with Crippen molar-refractivity contribution in [2.24, 2.45) is 4.99 Å². The SMILES string of the molecule is CN(C(=O)CN1CCC2(CC1)N=C(c1ccc(OC(F)(F)F)cc1)NO2)c1ccccc1. The van der Waals surface area contributed by atoms with E-state index in [-0.39, 0.29) is 11.7 Å². The van der Waals surface area contributed by atoms with Crippen LogP contribution in [0.15, 0.2) is 59.6 Å². The first kappa shape index (κ1) is 22.1. The molecular weight excluding hydrogens is 425 g/mol. The number of hydroxylamine groups is 1. The maximum Gasteiger partial charge on any atom is 0.573 e. The number of nitrogens with one attached hydrogen (secondary N) is 1. The van der Waals surface area contributed by atoms with Crippen molar-refractivity contribution in [3.8, 4) is 5.75 Å². The Morgan fingerprint density at radius 3 is 2.44 bits per heavy atom. The first-order chi connectivity index (χ1) is 15.2. The molecule has 7 nitrogen and oxygen atoms in total. The fraction of sp³-hybridized carbons (Fsp3) is 0.364. The van der Waals surface area contributed by atoms with E-state index in [1.54, 1.807) is 11.9 Å². The number of para-hydroxylation sites is 1. The quantitative estimate of drug-likeness (QED) is 0.760. The molecule has 2 aliphatic heterocycles. The number of benzene rings is 2. The molecule has 2 aliphatic rings. The van der Waals surface area contributed by atoms with Gasteiger partial charge in [-0.15, -0.1) is 13.2 Å². The van der Waals surface area contributed by atoms with Crippen LogP contribution >= 0.6 is 0 Å². The van der Waals surface area contributed by atoms with Crippen LogP contribution in [0.5, 0.6) is 5.75 Å². The van der Waals surface area contributed by atoms with Gasteiger partial charge in [0.25, 0.3) is 0 Å². The Balaban J connectivity index is 1.33. The molecule has 1 N–H and O–H groups in total. The van der Waals surface area contributed by atoms with Crippen LogP contribution in [0, 0.1) is 0 Å². The highest BCUT2D eigenvalue weighted by molar-refractivity contribution is 5.99. The molecule has 1 spiro atoms. The minimum atomic E-state index is -4.73. The lowest BCUT2D eigenvalue weighted by atomic mass is 10.0. The van der Waals surface area contributed by atoms with Crippen molar-refractivity contribution in [1.82, 2.24) is 10.4 Å². The number of hydrogen-bond donors (Lipinski definition) is 1. The van der Waals surface area contributed by atoms with Crippen LogP contribution < -0.4 is 15.1 Å². The molecule has 0 bridgehead atoms. The summed E-state index contributed by atoms with van der Waals surface area (Å²) in [6.45, 7) is 1.56. The number of likely N-dealkylation sites (tertiary alicyclic amines) is 1. The van der Waals surface area contributed by atoms with Gasteiger partial charge in [0.15, 0.2) is 11.6 Å². The van der Waals surface area contributed by atoms with Crippen LogP contribution in [-0.4, -0.2) is 55.4 Å². The largest absolute Gasteiger partial charge is 0.573 e. The van der Waals surface area contributed by atoms with E-state index in [4.69, 9.17) is 4.84 Å². The van der Waals surface area contributed by atoms with Gasteiger partial charge in [-0.05, 0) is 36.4 Å². The number of piperidine rings is 1. The van der Waals surface area contributed by atoms with Crippen molar-refractivity contribution < 1.29 is 27.5 Å². The molecule has 0 radical (unpaired) electrons. The summed E-state index contributed by atoms with van der Waals surface area (Å²) in [4.78, 5) is 26.7. The minimum absolute atomic E-state index is 0.00275. The van der Waals surface area contributed by atoms with Gasteiger partial charge in [0, 0.05) is 44.2 Å². The minimum Gasteiger partial charge on any atom is -0.406 e. The van der Waals surface area contributed by atoms with E-state index in [0.717, 1.165) is 5.69 Å². The number of hydrogen-bond acceptors (Lipinski definition) is 6. The van der Waals surface area contributed by atoms with Gasteiger partial charge in [-0.25, -0.2) is 15.3 Å². The Morgan fingerprint density at radius 1 is 1.16 bits per heavy atom. The predicted octanol–water partition coefficient (Wildman–Crippen LogP) is 3.32. The fourth-order valence-electron chi connectivity index (χ4n) is 3.70. The zero-order chi connectivity index (χ0) is 22.8. The number of rotatable bonds is 5. The standard InChI is InChI=1S/C22H23F3N4O3/c1-28(17-5-3-2-4-6-17)19(30)15-29-13-11-21(12-14-29)26-20(27-32-21)16-7-9-18(10-8-16)31-22(23,24)25/h2-10H,11-15H2,1H3,(H,26,27). The number of halogens is 3. The van der Waals surface area contributed by atoms with Gasteiger partial charge in [-0.1, -0.05) is 18.2 Å². The molecule has 1 amide bonds. The van der Waals surface area contributed by atoms with E-state index >= 15 is 0 Å². The molecule has 32 heavy (non-hydrogen) atoms. The number of aliphatic imine (C=N–C) groups is 1. The van der Waals surface area contributed by atoms with Gasteiger partial charge in [0.2, 0.25) is 5.91 Å². The third-order valence-electron chi connectivity index (χ3n) is 5.53. The molecule has 2 aromatic rings. The second kappa shape index (κ2) is 8.79. The van der Waals surface area contributed by atoms with Crippen molar-refractivity contribution >= 4 is 17.4 Å². The highest BCUT2D eigenvalue weighted by Gasteiger charge is 2.41. The lowest BCUT2D eigenvalue weighted by Gasteiger charge is -2.35. The highest BCUT2D eigenvalue weighted by atomic mass is 19.4. The van der Waals surface area contributed by atoms with E-state index in [2.05, 4.69) is 20.1 Å². The number of nitrogens with zero attached hydrogens (tertiary/aromatic N) is 3. The van der Waals surface area contributed by atoms with Crippen molar-refractivity contribution in [3.05, 3.63) is 60.2 Å². The van der Waals surface area contributed by atoms with Crippen molar-refractivity contribution in [3.63, 3.8) is 0 Å². The summed E-state index contributed by atoms with van der Waals surface area (Å²) in [5.41, 5.74) is 3.48. The van der Waals surface area contributed by atoms with Gasteiger partial charge in [-0.3, -0.25) is 9.69 Å². The number of likely N-dealkylation sites (N-methyl/N-ethyl adjacent to an activating group) is 1. The molecule has 0 saturated carbocycles. The average Bonchev–Trinajstić information content (AvgIpc) is 3.18. The molecule has 0 unspecified atom stereocenters. The summed E-state index contributed by atoms with van der Waals surface area (Å²) in [5.74, 6) is 0.161. The Bertz CT molecular complexity index is 972. The number of ether oxygens (including phenoxy) is 1. The maximum atomic E-state index is 12.6. The van der Waals surface area contributed by atoms with Crippen molar-refractivity contribution in [2.75, 3.05) is 31.6 Å². The molecule has 1 saturated heterocycles. The van der Waals surface area contributed by atoms with Crippen LogP contribution in [0.3, 0.4) is 0 Å². The second-order valence-electron chi connectivity index (χ2n) is 7.75. The van der Waals surface area contributed by atoms with Gasteiger partial charge < -0.3 is 9.64 Å². The highest BCUT2D eigenvalue weighted by Crippen LogP contribution is 2.31. The lowest BCUT2D eigenvalue weighted by Crippen LogP contribution is -2.47. The van der Waals surface area contributed by atoms with Crippen LogP contribution in [0.2, 0.25) is 0 Å². The topological polar surface area (TPSA) is 66.4 Å². The number of amidine groups is 1. The summed E-state index contributed by atoms with van der Waals surface area (Å²) in [6, 6.07) is 14.9. The summed E-state index contributed by atoms with van der Waals surface area (Å²) in [6.07, 6.45) is -3.56. The van der Waals surface area contributed by atoms with E-state index in [1.807, 2.05) is 30.3 Å². The van der Waals surface area contributed by atoms with Crippen LogP contribution in [-0.2, 0) is 9.63 Å². The zero-order valence-corrected chi connectivity index (χ0v) is 17.4. The van der Waals surface area contributed by atoms with Gasteiger partial charge >= 0.3 is 6.36 Å². The number of anilines is 1. The van der Waals surface area contributed by atoms with Crippen LogP contribution in [0.4, 0.5) is 18.9 Å². The van der Waals surface area contributed by atoms with Crippen LogP contribution in [0.25, 0.3) is 0 Å². The smallest absolute Gasteiger partial charge is 0.406 e. The molecule has 2 heterocycles. The number of carbonyl (C=O) groups excluding carboxylic acids is 1. The Morgan fingerprint density at radius 2 is 1.81 bits per heavy atom. The van der Waals surface area contributed by atoms with Crippen molar-refractivity contribution in [2.45, 2.75) is 24.9 Å². The maximum absolute atomic E-state index is 12.6. The summed E-state index contributed by atoms with van der Waals surface area (Å²) in [5, 5.41) is 0. The second-order valence-corrected chi connectivity index (χ2v) is 7.75. The normalized spacial score (nSPS) is 18.2. The summed E-state index contributed by atoms with van der Waals surface area (Å²) >= 11 is 0. The average molecular weight is 448 g/mol. The molecule has 0 aromatic heterocycles. The van der Waals surface area contributed by atoms with E-state index in [9.17, 15) is 18.0 Å². The van der Waals surface area contributed by atoms with Gasteiger partial charge in [0.05, 0.1) is 6.54 Å². The summed E-state index contributed by atoms with van der Waals surface area (Å²) < 4.78 is 40.8. The molecule has 170 valence electrons. The Hall–Kier alpha value is -3.11. The Kier molecular flexibility index (Phi) is 6.07. The van der Waals surface area contributed by atoms with Gasteiger partial charge in [-0.2, -0.15) is 0 Å². The van der Waals surface area contributed by atoms with Gasteiger partial charge in [0.1, 0.15) is 5.75 Å².